The number of rotatable bonds is 3. The van der Waals surface area contributed by atoms with Gasteiger partial charge in [0.05, 0.1) is 15.8 Å². The summed E-state index contributed by atoms with van der Waals surface area (Å²) in [6, 6.07) is 7.77. The van der Waals surface area contributed by atoms with E-state index in [4.69, 9.17) is 5.14 Å². The van der Waals surface area contributed by atoms with Crippen LogP contribution in [-0.2, 0) is 10.0 Å². The molecule has 1 saturated heterocycles. The van der Waals surface area contributed by atoms with E-state index in [0.717, 1.165) is 29.7 Å². The Morgan fingerprint density at radius 3 is 2.55 bits per heavy atom. The molecule has 9 nitrogen and oxygen atoms in total. The van der Waals surface area contributed by atoms with Crippen LogP contribution in [0.4, 0.5) is 5.82 Å². The first kappa shape index (κ1) is 18.1. The van der Waals surface area contributed by atoms with Gasteiger partial charge in [0.15, 0.2) is 0 Å². The van der Waals surface area contributed by atoms with Crippen LogP contribution >= 0.6 is 0 Å². The number of primary sulfonamides is 1. The maximum atomic E-state index is 13.1. The first-order valence-electron chi connectivity index (χ1n) is 9.35. The van der Waals surface area contributed by atoms with E-state index in [0.29, 0.717) is 25.2 Å². The summed E-state index contributed by atoms with van der Waals surface area (Å²) < 4.78 is 22.9. The molecule has 1 amide bonds. The molecule has 1 spiro atoms. The van der Waals surface area contributed by atoms with E-state index in [1.807, 2.05) is 17.2 Å². The molecule has 3 N–H and O–H groups in total. The van der Waals surface area contributed by atoms with Crippen LogP contribution in [0.1, 0.15) is 23.2 Å². The van der Waals surface area contributed by atoms with Gasteiger partial charge < -0.3 is 14.8 Å². The minimum Gasteiger partial charge on any atom is -0.352 e. The summed E-state index contributed by atoms with van der Waals surface area (Å²) in [7, 11) is -3.78. The number of nitrogens with zero attached hydrogens (tertiary/aromatic N) is 4. The van der Waals surface area contributed by atoms with Crippen molar-refractivity contribution in [2.24, 2.45) is 5.14 Å². The summed E-state index contributed by atoms with van der Waals surface area (Å²) in [5.74, 6) is 0.796. The number of benzene rings is 1. The first-order chi connectivity index (χ1) is 13.9. The van der Waals surface area contributed by atoms with Crippen molar-refractivity contribution >= 4 is 32.8 Å². The number of aromatic nitrogens is 3. The lowest BCUT2D eigenvalue weighted by molar-refractivity contribution is 0.0624. The zero-order valence-corrected chi connectivity index (χ0v) is 16.4. The highest BCUT2D eigenvalue weighted by atomic mass is 32.2. The van der Waals surface area contributed by atoms with Gasteiger partial charge in [0.1, 0.15) is 17.8 Å². The maximum absolute atomic E-state index is 13.1. The quantitative estimate of drug-likeness (QED) is 0.664. The van der Waals surface area contributed by atoms with E-state index in [1.54, 1.807) is 6.33 Å². The zero-order valence-electron chi connectivity index (χ0n) is 15.6. The van der Waals surface area contributed by atoms with Crippen LogP contribution < -0.4 is 10.0 Å². The normalized spacial score (nSPS) is 18.4. The van der Waals surface area contributed by atoms with Gasteiger partial charge in [-0.25, -0.2) is 23.5 Å². The Hall–Kier alpha value is -2.98. The average molecular weight is 412 g/mol. The zero-order chi connectivity index (χ0) is 20.2. The Balaban J connectivity index is 1.39. The second-order valence-electron chi connectivity index (χ2n) is 7.61. The highest BCUT2D eigenvalue weighted by Gasteiger charge is 2.53. The number of aromatic amines is 1. The van der Waals surface area contributed by atoms with E-state index in [1.165, 1.54) is 24.3 Å². The van der Waals surface area contributed by atoms with Gasteiger partial charge >= 0.3 is 0 Å². The number of H-pyrrole nitrogens is 1. The molecule has 2 aromatic heterocycles. The predicted octanol–water partition coefficient (Wildman–Crippen LogP) is 1.10. The van der Waals surface area contributed by atoms with Crippen molar-refractivity contribution in [2.75, 3.05) is 24.5 Å². The minimum absolute atomic E-state index is 0.000662. The van der Waals surface area contributed by atoms with Crippen LogP contribution in [0.25, 0.3) is 11.0 Å². The molecular formula is C19H20N6O3S. The number of nitrogens with one attached hydrogen (secondary N) is 1. The summed E-state index contributed by atoms with van der Waals surface area (Å²) in [4.78, 5) is 29.1. The fraction of sp³-hybridized carbons (Fsp3) is 0.316. The van der Waals surface area contributed by atoms with Crippen molar-refractivity contribution in [1.82, 2.24) is 19.9 Å². The molecule has 0 atom stereocenters. The Labute approximate surface area is 167 Å². The van der Waals surface area contributed by atoms with Crippen molar-refractivity contribution in [1.29, 1.82) is 0 Å². The van der Waals surface area contributed by atoms with Crippen LogP contribution in [-0.4, -0.2) is 59.4 Å². The number of piperazine rings is 1. The SMILES string of the molecule is NS(=O)(=O)c1ccc(C(=O)N2CCN(c3ncnc4[nH]ccc34)CC23CC3)cc1. The van der Waals surface area contributed by atoms with Crippen LogP contribution in [0.3, 0.4) is 0 Å². The van der Waals surface area contributed by atoms with Gasteiger partial charge in [0.2, 0.25) is 10.0 Å². The second-order valence-corrected chi connectivity index (χ2v) is 9.17. The first-order valence-corrected chi connectivity index (χ1v) is 10.9. The fourth-order valence-corrected chi connectivity index (χ4v) is 4.62. The number of anilines is 1. The topological polar surface area (TPSA) is 125 Å². The van der Waals surface area contributed by atoms with Crippen LogP contribution in [0.2, 0.25) is 0 Å². The average Bonchev–Trinajstić information content (AvgIpc) is 3.28. The fourth-order valence-electron chi connectivity index (χ4n) is 4.10. The van der Waals surface area contributed by atoms with Crippen LogP contribution in [0, 0.1) is 0 Å². The molecule has 1 saturated carbocycles. The van der Waals surface area contributed by atoms with Gasteiger partial charge in [-0.15, -0.1) is 0 Å². The molecule has 150 valence electrons. The van der Waals surface area contributed by atoms with Gasteiger partial charge in [0.25, 0.3) is 5.91 Å². The number of hydrogen-bond donors (Lipinski definition) is 2. The number of carbonyl (C=O) groups is 1. The maximum Gasteiger partial charge on any atom is 0.254 e. The molecule has 5 rings (SSSR count). The lowest BCUT2D eigenvalue weighted by atomic mass is 10.1. The third-order valence-electron chi connectivity index (χ3n) is 5.79. The lowest BCUT2D eigenvalue weighted by Gasteiger charge is -2.42. The molecule has 1 aliphatic carbocycles. The molecule has 29 heavy (non-hydrogen) atoms. The smallest absolute Gasteiger partial charge is 0.254 e. The number of amides is 1. The molecule has 3 heterocycles. The van der Waals surface area contributed by atoms with Crippen LogP contribution in [0.5, 0.6) is 0 Å². The summed E-state index contributed by atoms with van der Waals surface area (Å²) in [5, 5.41) is 6.11. The Bertz CT molecular complexity index is 1200. The molecule has 1 aliphatic heterocycles. The molecule has 0 unspecified atom stereocenters. The van der Waals surface area contributed by atoms with Crippen molar-refractivity contribution in [3.05, 3.63) is 48.4 Å². The van der Waals surface area contributed by atoms with Crippen molar-refractivity contribution in [3.63, 3.8) is 0 Å². The molecule has 2 aliphatic rings. The molecule has 1 aromatic carbocycles. The summed E-state index contributed by atoms with van der Waals surface area (Å²) >= 11 is 0. The van der Waals surface area contributed by atoms with Gasteiger partial charge in [-0.2, -0.15) is 0 Å². The van der Waals surface area contributed by atoms with E-state index in [9.17, 15) is 13.2 Å². The third-order valence-corrected chi connectivity index (χ3v) is 6.72. The van der Waals surface area contributed by atoms with Gasteiger partial charge in [0, 0.05) is 31.4 Å². The minimum atomic E-state index is -3.78. The summed E-state index contributed by atoms with van der Waals surface area (Å²) in [6.45, 7) is 1.96. The Kier molecular flexibility index (Phi) is 3.90. The van der Waals surface area contributed by atoms with Gasteiger partial charge in [-0.05, 0) is 43.2 Å². The van der Waals surface area contributed by atoms with E-state index < -0.39 is 10.0 Å². The van der Waals surface area contributed by atoms with Gasteiger partial charge in [-0.3, -0.25) is 4.79 Å². The third kappa shape index (κ3) is 3.04. The highest BCUT2D eigenvalue weighted by molar-refractivity contribution is 7.89. The van der Waals surface area contributed by atoms with E-state index in [-0.39, 0.29) is 16.3 Å². The molecular weight excluding hydrogens is 392 g/mol. The predicted molar refractivity (Wildman–Crippen MR) is 107 cm³/mol. The number of hydrogen-bond acceptors (Lipinski definition) is 6. The molecule has 10 heteroatoms. The van der Waals surface area contributed by atoms with Crippen molar-refractivity contribution in [3.8, 4) is 0 Å². The van der Waals surface area contributed by atoms with E-state index >= 15 is 0 Å². The molecule has 2 fully saturated rings. The molecule has 3 aromatic rings. The highest BCUT2D eigenvalue weighted by Crippen LogP contribution is 2.46. The molecule has 0 radical (unpaired) electrons. The summed E-state index contributed by atoms with van der Waals surface area (Å²) in [5.41, 5.74) is 1.06. The van der Waals surface area contributed by atoms with Crippen molar-refractivity contribution in [2.45, 2.75) is 23.3 Å². The van der Waals surface area contributed by atoms with Crippen molar-refractivity contribution < 1.29 is 13.2 Å². The standard InChI is InChI=1S/C19H20N6O3S/c20-29(27,28)14-3-1-13(2-4-14)18(26)25-10-9-24(11-19(25)6-7-19)17-15-5-8-21-16(15)22-12-23-17/h1-5,8,12H,6-7,9-11H2,(H2,20,27,28)(H,21,22,23). The van der Waals surface area contributed by atoms with E-state index in [2.05, 4.69) is 19.9 Å². The monoisotopic (exact) mass is 412 g/mol. The summed E-state index contributed by atoms with van der Waals surface area (Å²) in [6.07, 6.45) is 5.27. The Morgan fingerprint density at radius 2 is 1.86 bits per heavy atom. The lowest BCUT2D eigenvalue weighted by Crippen LogP contribution is -2.57. The van der Waals surface area contributed by atoms with Gasteiger partial charge in [-0.1, -0.05) is 0 Å². The Morgan fingerprint density at radius 1 is 1.10 bits per heavy atom. The second kappa shape index (κ2) is 6.26. The number of carbonyl (C=O) groups excluding carboxylic acids is 1. The molecule has 0 bridgehead atoms. The largest absolute Gasteiger partial charge is 0.352 e. The number of fused-ring (bicyclic) bond motifs is 1. The van der Waals surface area contributed by atoms with Crippen LogP contribution in [0.15, 0.2) is 47.8 Å². The number of sulfonamides is 1. The number of nitrogens with two attached hydrogens (primary N) is 1.